The molecule has 4 rings (SSSR count). The van der Waals surface area contributed by atoms with Gasteiger partial charge in [0.15, 0.2) is 0 Å². The molecule has 2 fully saturated rings. The molecule has 280 valence electrons. The first-order valence-corrected chi connectivity index (χ1v) is 18.6. The summed E-state index contributed by atoms with van der Waals surface area (Å²) in [6.07, 6.45) is 14.5. The van der Waals surface area contributed by atoms with Gasteiger partial charge in [0.2, 0.25) is 23.6 Å². The minimum Gasteiger partial charge on any atom is -0.481 e. The molecule has 2 saturated heterocycles. The Kier molecular flexibility index (Phi) is 16.2. The van der Waals surface area contributed by atoms with Crippen LogP contribution >= 0.6 is 34.8 Å². The fraction of sp³-hybridized carbons (Fsp3) is 0.447. The summed E-state index contributed by atoms with van der Waals surface area (Å²) in [6, 6.07) is 4.16. The van der Waals surface area contributed by atoms with Crippen molar-refractivity contribution in [2.45, 2.75) is 69.5 Å². The first-order chi connectivity index (χ1) is 25.0. The van der Waals surface area contributed by atoms with Crippen LogP contribution in [0.4, 0.5) is 0 Å². The maximum Gasteiger partial charge on any atom is 0.233 e. The molecular formula is C38H48Cl3N7O4. The maximum atomic E-state index is 13.0. The number of aliphatic imine (C=N–C) groups is 1. The summed E-state index contributed by atoms with van der Waals surface area (Å²) in [6.45, 7) is 9.97. The van der Waals surface area contributed by atoms with Gasteiger partial charge in [0.1, 0.15) is 5.84 Å². The summed E-state index contributed by atoms with van der Waals surface area (Å²) in [7, 11) is 3.18. The number of nitrogens with zero attached hydrogens (tertiary/aromatic N) is 3. The Bertz CT molecular complexity index is 1650. The molecule has 4 atom stereocenters. The van der Waals surface area contributed by atoms with E-state index in [1.165, 1.54) is 11.1 Å². The zero-order valence-corrected chi connectivity index (χ0v) is 32.0. The first kappa shape index (κ1) is 41.0. The Labute approximate surface area is 321 Å². The summed E-state index contributed by atoms with van der Waals surface area (Å²) < 4.78 is 5.66. The average Bonchev–Trinajstić information content (AvgIpc) is 3.75. The number of ether oxygens (including phenoxy) is 1. The van der Waals surface area contributed by atoms with Gasteiger partial charge in [0.05, 0.1) is 12.8 Å². The van der Waals surface area contributed by atoms with E-state index in [2.05, 4.69) is 39.4 Å². The highest BCUT2D eigenvalue weighted by Gasteiger charge is 2.29. The minimum absolute atomic E-state index is 0.0573. The second-order valence-corrected chi connectivity index (χ2v) is 14.2. The van der Waals surface area contributed by atoms with Crippen molar-refractivity contribution >= 4 is 58.4 Å². The molecule has 1 aromatic heterocycles. The fourth-order valence-corrected chi connectivity index (χ4v) is 7.19. The van der Waals surface area contributed by atoms with Crippen LogP contribution in [0.15, 0.2) is 87.5 Å². The number of hydrogen-bond donors (Lipinski definition) is 4. The molecule has 0 bridgehead atoms. The van der Waals surface area contributed by atoms with Gasteiger partial charge in [-0.25, -0.2) is 4.98 Å². The fourth-order valence-electron chi connectivity index (χ4n) is 6.38. The van der Waals surface area contributed by atoms with Gasteiger partial charge in [-0.15, -0.1) is 0 Å². The number of pyridine rings is 1. The van der Waals surface area contributed by atoms with Crippen LogP contribution in [0.1, 0.15) is 62.1 Å². The highest BCUT2D eigenvalue weighted by Crippen LogP contribution is 2.43. The predicted molar refractivity (Wildman–Crippen MR) is 208 cm³/mol. The second-order valence-electron chi connectivity index (χ2n) is 12.8. The number of nitrogens with one attached hydrogen (secondary N) is 4. The third-order valence-electron chi connectivity index (χ3n) is 9.11. The molecule has 52 heavy (non-hydrogen) atoms. The molecule has 1 aromatic rings. The van der Waals surface area contributed by atoms with Crippen LogP contribution in [0.2, 0.25) is 0 Å². The smallest absolute Gasteiger partial charge is 0.233 e. The number of hydrogen-bond acceptors (Lipinski definition) is 8. The van der Waals surface area contributed by atoms with E-state index in [1.807, 2.05) is 24.3 Å². The Morgan fingerprint density at radius 3 is 2.44 bits per heavy atom. The number of carbonyl (C=O) groups excluding carboxylic acids is 3. The molecule has 0 radical (unpaired) electrons. The topological polar surface area (TPSA) is 137 Å². The molecule has 0 aromatic carbocycles. The van der Waals surface area contributed by atoms with Crippen molar-refractivity contribution in [3.63, 3.8) is 0 Å². The van der Waals surface area contributed by atoms with E-state index in [1.54, 1.807) is 32.4 Å². The third-order valence-corrected chi connectivity index (χ3v) is 10.1. The number of carbonyl (C=O) groups is 3. The number of allylic oxidation sites excluding steroid dienone is 8. The van der Waals surface area contributed by atoms with Crippen LogP contribution in [0, 0.1) is 5.92 Å². The molecule has 14 heteroatoms. The Balaban J connectivity index is 1.43. The zero-order chi connectivity index (χ0) is 37.6. The molecule has 2 unspecified atom stereocenters. The van der Waals surface area contributed by atoms with Gasteiger partial charge in [0, 0.05) is 103 Å². The molecule has 0 spiro atoms. The first-order valence-electron chi connectivity index (χ1n) is 17.4. The molecule has 4 N–H and O–H groups in total. The lowest BCUT2D eigenvalue weighted by molar-refractivity contribution is -0.125. The van der Waals surface area contributed by atoms with E-state index in [0.29, 0.717) is 78.7 Å². The highest BCUT2D eigenvalue weighted by atomic mass is 35.5. The SMILES string of the molecule is C=CN(C(=O)CCNC[C@@H]1CCC(=O)N1)C(/C=C/C=C(\Cl)C(CC(=C)Cl)C1=C(Cl)C(c2ccc(CNC[C@@H]3CCC(=O)N3)c(OC)n2)CC=C1)=NC. The van der Waals surface area contributed by atoms with Crippen molar-refractivity contribution in [3.05, 3.63) is 93.8 Å². The summed E-state index contributed by atoms with van der Waals surface area (Å²) in [5.74, 6) is 0.241. The van der Waals surface area contributed by atoms with Gasteiger partial charge in [-0.05, 0) is 49.5 Å². The summed E-state index contributed by atoms with van der Waals surface area (Å²) in [4.78, 5) is 46.4. The summed E-state index contributed by atoms with van der Waals surface area (Å²) in [5, 5.41) is 14.0. The Morgan fingerprint density at radius 1 is 1.15 bits per heavy atom. The van der Waals surface area contributed by atoms with Gasteiger partial charge in [-0.3, -0.25) is 24.3 Å². The van der Waals surface area contributed by atoms with Crippen LogP contribution in [0.25, 0.3) is 0 Å². The Morgan fingerprint density at radius 2 is 1.85 bits per heavy atom. The highest BCUT2D eigenvalue weighted by molar-refractivity contribution is 6.33. The lowest BCUT2D eigenvalue weighted by atomic mass is 9.84. The molecule has 3 heterocycles. The number of aromatic nitrogens is 1. The largest absolute Gasteiger partial charge is 0.481 e. The lowest BCUT2D eigenvalue weighted by Crippen LogP contribution is -2.38. The molecule has 3 amide bonds. The van der Waals surface area contributed by atoms with E-state index in [0.717, 1.165) is 29.7 Å². The van der Waals surface area contributed by atoms with E-state index in [9.17, 15) is 14.4 Å². The van der Waals surface area contributed by atoms with Crippen LogP contribution in [0.5, 0.6) is 5.88 Å². The monoisotopic (exact) mass is 771 g/mol. The molecule has 2 aliphatic heterocycles. The van der Waals surface area contributed by atoms with Crippen LogP contribution in [-0.4, -0.2) is 79.3 Å². The van der Waals surface area contributed by atoms with E-state index in [-0.39, 0.29) is 48.1 Å². The normalized spacial score (nSPS) is 21.4. The number of methoxy groups -OCH3 is 1. The van der Waals surface area contributed by atoms with Crippen molar-refractivity contribution in [2.75, 3.05) is 33.8 Å². The Hall–Kier alpha value is -3.74. The molecule has 3 aliphatic rings. The molecule has 1 aliphatic carbocycles. The summed E-state index contributed by atoms with van der Waals surface area (Å²) >= 11 is 20.4. The number of rotatable bonds is 18. The standard InChI is InChI=1S/C38H48Cl3N7O4/c1-5-48(36(51)18-19-43-22-26-13-16-34(49)45-26)33(42-3)11-7-10-31(40)30(20-24(2)39)28-8-6-9-29(37(28)41)32-15-12-25(38(47-32)52-4)21-44-23-27-14-17-35(50)46-27/h5-8,10-12,15,26-27,29-30,43-44H,1-2,9,13-14,16-23H2,3-4H3,(H,45,49)(H,46,50)/b11-7+,31-10-,42-33?/t26-,27-,29?,30?/m0/s1. The predicted octanol–water partition coefficient (Wildman–Crippen LogP) is 5.69. The van der Waals surface area contributed by atoms with Crippen molar-refractivity contribution in [3.8, 4) is 5.88 Å². The van der Waals surface area contributed by atoms with Gasteiger partial charge in [-0.2, -0.15) is 0 Å². The summed E-state index contributed by atoms with van der Waals surface area (Å²) in [5.41, 5.74) is 2.46. The van der Waals surface area contributed by atoms with Gasteiger partial charge in [0.25, 0.3) is 0 Å². The maximum absolute atomic E-state index is 13.0. The van der Waals surface area contributed by atoms with Gasteiger partial charge in [-0.1, -0.05) is 72.3 Å². The van der Waals surface area contributed by atoms with Crippen molar-refractivity contribution in [2.24, 2.45) is 10.9 Å². The number of halogens is 3. The zero-order valence-electron chi connectivity index (χ0n) is 29.7. The third kappa shape index (κ3) is 11.6. The number of amides is 3. The average molecular weight is 773 g/mol. The van der Waals surface area contributed by atoms with Gasteiger partial charge < -0.3 is 26.0 Å². The number of amidine groups is 1. The van der Waals surface area contributed by atoms with Gasteiger partial charge >= 0.3 is 0 Å². The molecule has 11 nitrogen and oxygen atoms in total. The van der Waals surface area contributed by atoms with Crippen LogP contribution in [0.3, 0.4) is 0 Å². The quantitative estimate of drug-likeness (QED) is 0.0652. The lowest BCUT2D eigenvalue weighted by Gasteiger charge is -2.26. The second kappa shape index (κ2) is 20.5. The molecule has 0 saturated carbocycles. The van der Waals surface area contributed by atoms with E-state index < -0.39 is 0 Å². The van der Waals surface area contributed by atoms with E-state index in [4.69, 9.17) is 44.5 Å². The van der Waals surface area contributed by atoms with E-state index >= 15 is 0 Å². The van der Waals surface area contributed by atoms with Crippen molar-refractivity contribution in [1.82, 2.24) is 31.2 Å². The minimum atomic E-state index is -0.390. The molecular weight excluding hydrogens is 725 g/mol. The van der Waals surface area contributed by atoms with Crippen molar-refractivity contribution < 1.29 is 19.1 Å². The van der Waals surface area contributed by atoms with Crippen LogP contribution < -0.4 is 26.0 Å². The van der Waals surface area contributed by atoms with Crippen molar-refractivity contribution in [1.29, 1.82) is 0 Å². The van der Waals surface area contributed by atoms with Crippen LogP contribution in [-0.2, 0) is 20.9 Å².